The maximum Gasteiger partial charge on any atom is 0.245 e. The first-order chi connectivity index (χ1) is 22.5. The Bertz CT molecular complexity index is 1530. The third-order valence-electron chi connectivity index (χ3n) is 7.87. The van der Waals surface area contributed by atoms with Gasteiger partial charge in [-0.15, -0.1) is 0 Å². The highest BCUT2D eigenvalue weighted by atomic mass is 19.1. The van der Waals surface area contributed by atoms with Gasteiger partial charge in [-0.2, -0.15) is 0 Å². The molecule has 5 rings (SSSR count). The quantitative estimate of drug-likeness (QED) is 0.278. The van der Waals surface area contributed by atoms with E-state index in [4.69, 9.17) is 4.74 Å². The molecule has 3 aromatic rings. The molecule has 2 aliphatic rings. The fraction of sp³-hybridized carbons (Fsp3) is 0.389. The van der Waals surface area contributed by atoms with Gasteiger partial charge in [-0.3, -0.25) is 19.2 Å². The van der Waals surface area contributed by atoms with Gasteiger partial charge in [-0.1, -0.05) is 62.4 Å². The van der Waals surface area contributed by atoms with Crippen LogP contribution in [0.15, 0.2) is 72.8 Å². The fourth-order valence-corrected chi connectivity index (χ4v) is 5.41. The summed E-state index contributed by atoms with van der Waals surface area (Å²) in [5, 5.41) is 17.8. The molecule has 47 heavy (non-hydrogen) atoms. The van der Waals surface area contributed by atoms with E-state index in [1.165, 1.54) is 23.1 Å². The van der Waals surface area contributed by atoms with Gasteiger partial charge in [0.2, 0.25) is 23.6 Å². The number of ether oxygens (including phenoxy) is 1. The number of benzene rings is 3. The minimum Gasteiger partial charge on any atom is -0.454 e. The van der Waals surface area contributed by atoms with Crippen molar-refractivity contribution in [2.75, 3.05) is 20.2 Å². The van der Waals surface area contributed by atoms with Crippen LogP contribution in [0.25, 0.3) is 0 Å². The van der Waals surface area contributed by atoms with Crippen LogP contribution in [0.4, 0.5) is 4.39 Å². The number of halogens is 1. The van der Waals surface area contributed by atoms with Crippen molar-refractivity contribution >= 4 is 23.6 Å². The predicted molar refractivity (Wildman–Crippen MR) is 175 cm³/mol. The Morgan fingerprint density at radius 2 is 1.62 bits per heavy atom. The summed E-state index contributed by atoms with van der Waals surface area (Å²) in [4.78, 5) is 55.9. The Morgan fingerprint density at radius 1 is 0.936 bits per heavy atom. The summed E-state index contributed by atoms with van der Waals surface area (Å²) in [6.07, 6.45) is 0.810. The zero-order valence-corrected chi connectivity index (χ0v) is 27.0. The molecular formula is C36H43FN4O6. The van der Waals surface area contributed by atoms with Crippen LogP contribution in [-0.2, 0) is 38.4 Å². The van der Waals surface area contributed by atoms with Crippen LogP contribution in [0.2, 0.25) is 0 Å². The van der Waals surface area contributed by atoms with E-state index in [9.17, 15) is 28.7 Å². The minimum atomic E-state index is -1.02. The average molecular weight is 647 g/mol. The van der Waals surface area contributed by atoms with Crippen molar-refractivity contribution in [2.24, 2.45) is 5.92 Å². The largest absolute Gasteiger partial charge is 0.454 e. The molecule has 0 fully saturated rings. The maximum atomic E-state index is 14.7. The number of hydrogen-bond donors (Lipinski definition) is 4. The molecule has 0 aliphatic carbocycles. The summed E-state index contributed by atoms with van der Waals surface area (Å²) in [7, 11) is 1.60. The van der Waals surface area contributed by atoms with Crippen molar-refractivity contribution in [3.8, 4) is 11.5 Å². The zero-order chi connectivity index (χ0) is 33.9. The molecule has 0 radical (unpaired) electrons. The van der Waals surface area contributed by atoms with Crippen LogP contribution in [0, 0.1) is 11.7 Å². The number of aliphatic hydroxyl groups is 1. The average Bonchev–Trinajstić information content (AvgIpc) is 3.04. The molecule has 11 heteroatoms. The zero-order valence-electron chi connectivity index (χ0n) is 27.0. The van der Waals surface area contributed by atoms with Crippen molar-refractivity contribution < 1.29 is 33.4 Å². The number of amides is 4. The molecule has 4 N–H and O–H groups in total. The molecule has 2 aliphatic heterocycles. The number of hydrogen-bond acceptors (Lipinski definition) is 6. The van der Waals surface area contributed by atoms with E-state index >= 15 is 0 Å². The summed E-state index contributed by atoms with van der Waals surface area (Å²) in [5.41, 5.74) is 1.99. The second-order valence-electron chi connectivity index (χ2n) is 12.3. The summed E-state index contributed by atoms with van der Waals surface area (Å²) in [6.45, 7) is 4.03. The summed E-state index contributed by atoms with van der Waals surface area (Å²) < 4.78 is 20.5. The number of carbonyl (C=O) groups excluding carboxylic acids is 4. The van der Waals surface area contributed by atoms with Gasteiger partial charge in [0, 0.05) is 33.0 Å². The summed E-state index contributed by atoms with van der Waals surface area (Å²) in [6, 6.07) is 17.0. The molecule has 0 spiro atoms. The SMILES string of the molecule is CC(C)C[C@@H]1NC(=O)[C@@H](Cc2ccccc2)NC(=O)Cc2ccc(F)c(c2)Oc2ccc(cc2)C[C@H](C(=O)N(C)CCCO)NC1=O. The Hall–Kier alpha value is -4.77. The minimum absolute atomic E-state index is 0.0106. The molecule has 250 valence electrons. The number of carbonyl (C=O) groups is 4. The Kier molecular flexibility index (Phi) is 12.5. The maximum absolute atomic E-state index is 14.7. The molecule has 0 unspecified atom stereocenters. The van der Waals surface area contributed by atoms with E-state index in [1.54, 1.807) is 31.3 Å². The lowest BCUT2D eigenvalue weighted by atomic mass is 9.99. The first kappa shape index (κ1) is 35.1. The molecule has 0 saturated carbocycles. The van der Waals surface area contributed by atoms with Crippen LogP contribution in [0.3, 0.4) is 0 Å². The second-order valence-corrected chi connectivity index (χ2v) is 12.3. The van der Waals surface area contributed by atoms with E-state index < -0.39 is 41.7 Å². The highest BCUT2D eigenvalue weighted by Gasteiger charge is 2.31. The smallest absolute Gasteiger partial charge is 0.245 e. The molecule has 3 atom stereocenters. The van der Waals surface area contributed by atoms with Crippen LogP contribution in [0.5, 0.6) is 11.5 Å². The normalized spacial score (nSPS) is 19.0. The lowest BCUT2D eigenvalue weighted by Crippen LogP contribution is -2.58. The second kappa shape index (κ2) is 16.7. The van der Waals surface area contributed by atoms with Gasteiger partial charge in [0.15, 0.2) is 11.6 Å². The number of aliphatic hydroxyl groups excluding tert-OH is 1. The van der Waals surface area contributed by atoms with Gasteiger partial charge in [0.25, 0.3) is 0 Å². The van der Waals surface area contributed by atoms with Crippen molar-refractivity contribution in [1.29, 1.82) is 0 Å². The van der Waals surface area contributed by atoms with E-state index in [1.807, 2.05) is 44.2 Å². The molecule has 10 nitrogen and oxygen atoms in total. The molecule has 2 heterocycles. The fourth-order valence-electron chi connectivity index (χ4n) is 5.41. The van der Waals surface area contributed by atoms with Crippen LogP contribution in [-0.4, -0.2) is 72.0 Å². The number of likely N-dealkylation sites (N-methyl/N-ethyl adjacent to an activating group) is 1. The standard InChI is InChI=1S/C36H43FN4O6/c1-23(2)18-29-34(44)40-31(36(46)41(3)16-7-17-42)20-25-10-13-27(14-11-25)47-32-21-26(12-15-28(32)37)22-33(43)38-30(35(45)39-29)19-24-8-5-4-6-9-24/h4-6,8-15,21,23,29-31,42H,7,16-20,22H2,1-3H3,(H,38,43)(H,39,45)(H,40,44)/t29-,30+,31+/m0/s1. The van der Waals surface area contributed by atoms with Gasteiger partial charge in [0.05, 0.1) is 6.42 Å². The topological polar surface area (TPSA) is 137 Å². The Labute approximate surface area is 274 Å². The lowest BCUT2D eigenvalue weighted by molar-refractivity contribution is -0.137. The number of nitrogens with zero attached hydrogens (tertiary/aromatic N) is 1. The van der Waals surface area contributed by atoms with E-state index in [2.05, 4.69) is 16.0 Å². The van der Waals surface area contributed by atoms with Gasteiger partial charge >= 0.3 is 0 Å². The summed E-state index contributed by atoms with van der Waals surface area (Å²) >= 11 is 0. The monoisotopic (exact) mass is 646 g/mol. The lowest BCUT2D eigenvalue weighted by Gasteiger charge is -2.28. The van der Waals surface area contributed by atoms with Crippen LogP contribution >= 0.6 is 0 Å². The van der Waals surface area contributed by atoms with Gasteiger partial charge in [-0.25, -0.2) is 4.39 Å². The van der Waals surface area contributed by atoms with E-state index in [-0.39, 0.29) is 56.4 Å². The molecule has 4 bridgehead atoms. The number of rotatable bonds is 8. The van der Waals surface area contributed by atoms with Gasteiger partial charge in [-0.05, 0) is 59.7 Å². The Balaban J connectivity index is 1.72. The van der Waals surface area contributed by atoms with Crippen molar-refractivity contribution in [1.82, 2.24) is 20.9 Å². The summed E-state index contributed by atoms with van der Waals surface area (Å²) in [5.74, 6) is -2.24. The van der Waals surface area contributed by atoms with Crippen molar-refractivity contribution in [3.63, 3.8) is 0 Å². The van der Waals surface area contributed by atoms with Crippen LogP contribution < -0.4 is 20.7 Å². The highest BCUT2D eigenvalue weighted by Crippen LogP contribution is 2.26. The molecule has 4 amide bonds. The third kappa shape index (κ3) is 10.4. The molecule has 0 aromatic heterocycles. The van der Waals surface area contributed by atoms with E-state index in [0.29, 0.717) is 23.3 Å². The van der Waals surface area contributed by atoms with Crippen LogP contribution in [0.1, 0.15) is 43.4 Å². The van der Waals surface area contributed by atoms with Gasteiger partial charge < -0.3 is 30.7 Å². The van der Waals surface area contributed by atoms with E-state index in [0.717, 1.165) is 5.56 Å². The van der Waals surface area contributed by atoms with Gasteiger partial charge in [0.1, 0.15) is 23.9 Å². The molecule has 0 saturated heterocycles. The highest BCUT2D eigenvalue weighted by molar-refractivity contribution is 5.94. The molecule has 3 aromatic carbocycles. The predicted octanol–water partition coefficient (Wildman–Crippen LogP) is 3.30. The first-order valence-corrected chi connectivity index (χ1v) is 15.9. The first-order valence-electron chi connectivity index (χ1n) is 15.9. The third-order valence-corrected chi connectivity index (χ3v) is 7.87. The van der Waals surface area contributed by atoms with Crippen molar-refractivity contribution in [2.45, 2.75) is 64.1 Å². The number of fused-ring (bicyclic) bond motifs is 12. The molecular weight excluding hydrogens is 603 g/mol. The number of nitrogens with one attached hydrogen (secondary N) is 3. The van der Waals surface area contributed by atoms with Crippen molar-refractivity contribution in [3.05, 3.63) is 95.3 Å². The Morgan fingerprint density at radius 3 is 2.30 bits per heavy atom.